The van der Waals surface area contributed by atoms with E-state index in [4.69, 9.17) is 23.2 Å². The van der Waals surface area contributed by atoms with Gasteiger partial charge in [-0.25, -0.2) is 0 Å². The molecule has 0 atom stereocenters. The number of fused-ring (bicyclic) bond motifs is 1. The molecule has 38 heavy (non-hydrogen) atoms. The molecule has 2 aromatic heterocycles. The fraction of sp³-hybridized carbons (Fsp3) is 0.179. The number of nitrogens with one attached hydrogen (secondary N) is 1. The second-order valence-corrected chi connectivity index (χ2v) is 11.6. The number of hydrogen-bond acceptors (Lipinski definition) is 5. The number of nitrogens with zero attached hydrogens (tertiary/aromatic N) is 2. The van der Waals surface area contributed by atoms with Crippen molar-refractivity contribution in [2.75, 3.05) is 0 Å². The number of hydrogen-bond donors (Lipinski definition) is 1. The molecule has 4 aromatic rings. The van der Waals surface area contributed by atoms with Crippen molar-refractivity contribution in [1.82, 2.24) is 14.8 Å². The third-order valence-electron chi connectivity index (χ3n) is 6.23. The molecule has 1 aliphatic rings. The highest BCUT2D eigenvalue weighted by atomic mass is 35.5. The van der Waals surface area contributed by atoms with E-state index in [-0.39, 0.29) is 30.1 Å². The van der Waals surface area contributed by atoms with E-state index in [2.05, 4.69) is 12.2 Å². The molecule has 1 fully saturated rings. The molecule has 2 aromatic carbocycles. The summed E-state index contributed by atoms with van der Waals surface area (Å²) < 4.78 is 1.92. The molecule has 1 aliphatic heterocycles. The van der Waals surface area contributed by atoms with Gasteiger partial charge in [-0.15, -0.1) is 11.3 Å². The number of carbonyl (C=O) groups excluding carboxylic acids is 3. The molecule has 3 amide bonds. The molecule has 0 bridgehead atoms. The van der Waals surface area contributed by atoms with E-state index in [1.807, 2.05) is 46.5 Å². The lowest BCUT2D eigenvalue weighted by Gasteiger charge is -2.12. The summed E-state index contributed by atoms with van der Waals surface area (Å²) in [5, 5.41) is 6.30. The van der Waals surface area contributed by atoms with Crippen molar-refractivity contribution in [3.63, 3.8) is 0 Å². The molecule has 0 radical (unpaired) electrons. The second-order valence-electron chi connectivity index (χ2n) is 8.75. The number of halogens is 2. The predicted molar refractivity (Wildman–Crippen MR) is 155 cm³/mol. The number of rotatable bonds is 8. The fourth-order valence-electron chi connectivity index (χ4n) is 4.40. The lowest BCUT2D eigenvalue weighted by Crippen LogP contribution is -2.27. The van der Waals surface area contributed by atoms with Gasteiger partial charge in [0.05, 0.1) is 33.6 Å². The average Bonchev–Trinajstić information content (AvgIpc) is 3.61. The van der Waals surface area contributed by atoms with Gasteiger partial charge in [0.1, 0.15) is 6.54 Å². The van der Waals surface area contributed by atoms with Gasteiger partial charge in [0.25, 0.3) is 11.1 Å². The van der Waals surface area contributed by atoms with Crippen molar-refractivity contribution in [2.45, 2.75) is 33.0 Å². The van der Waals surface area contributed by atoms with E-state index < -0.39 is 0 Å². The minimum atomic E-state index is -0.368. The van der Waals surface area contributed by atoms with E-state index in [1.165, 1.54) is 4.90 Å². The van der Waals surface area contributed by atoms with Gasteiger partial charge in [-0.1, -0.05) is 60.5 Å². The minimum absolute atomic E-state index is 0.102. The third kappa shape index (κ3) is 5.54. The van der Waals surface area contributed by atoms with Crippen molar-refractivity contribution in [2.24, 2.45) is 0 Å². The van der Waals surface area contributed by atoms with Gasteiger partial charge in [-0.3, -0.25) is 19.3 Å². The van der Waals surface area contributed by atoms with Gasteiger partial charge >= 0.3 is 0 Å². The molecule has 5 rings (SSSR count). The Morgan fingerprint density at radius 2 is 1.92 bits per heavy atom. The summed E-state index contributed by atoms with van der Waals surface area (Å²) in [5.74, 6) is -0.470. The van der Waals surface area contributed by atoms with Gasteiger partial charge in [0, 0.05) is 22.0 Å². The van der Waals surface area contributed by atoms with Crippen LogP contribution >= 0.6 is 46.3 Å². The summed E-state index contributed by atoms with van der Waals surface area (Å²) in [6.45, 7) is 2.79. The van der Waals surface area contributed by atoms with Crippen molar-refractivity contribution in [3.8, 4) is 0 Å². The zero-order valence-electron chi connectivity index (χ0n) is 20.4. The summed E-state index contributed by atoms with van der Waals surface area (Å²) in [6.07, 6.45) is 4.40. The SMILES string of the molecule is CCc1cccc2c(/C=C3\SC(=O)N(Cc4ccc(Cl)c(Cl)c4)C3=O)cn(CC(=O)NCc3cccs3)c12. The molecule has 194 valence electrons. The third-order valence-corrected chi connectivity index (χ3v) is 8.76. The van der Waals surface area contributed by atoms with Crippen LogP contribution in [0.4, 0.5) is 4.79 Å². The highest BCUT2D eigenvalue weighted by molar-refractivity contribution is 8.18. The maximum absolute atomic E-state index is 13.2. The molecule has 1 saturated heterocycles. The van der Waals surface area contributed by atoms with Crippen LogP contribution in [-0.2, 0) is 35.6 Å². The first-order valence-electron chi connectivity index (χ1n) is 11.9. The molecule has 10 heteroatoms. The van der Waals surface area contributed by atoms with Crippen LogP contribution in [0.25, 0.3) is 17.0 Å². The number of thiophene rings is 1. The Morgan fingerprint density at radius 3 is 2.66 bits per heavy atom. The Balaban J connectivity index is 1.42. The largest absolute Gasteiger partial charge is 0.350 e. The maximum Gasteiger partial charge on any atom is 0.293 e. The molecule has 0 saturated carbocycles. The highest BCUT2D eigenvalue weighted by Crippen LogP contribution is 2.36. The van der Waals surface area contributed by atoms with Gasteiger partial charge in [0.2, 0.25) is 5.91 Å². The van der Waals surface area contributed by atoms with Gasteiger partial charge in [-0.05, 0) is 59.0 Å². The molecular weight excluding hydrogens is 561 g/mol. The maximum atomic E-state index is 13.2. The Bertz CT molecular complexity index is 1580. The van der Waals surface area contributed by atoms with E-state index >= 15 is 0 Å². The minimum Gasteiger partial charge on any atom is -0.350 e. The van der Waals surface area contributed by atoms with Crippen molar-refractivity contribution in [3.05, 3.63) is 96.6 Å². The molecule has 1 N–H and O–H groups in total. The molecule has 0 aliphatic carbocycles. The van der Waals surface area contributed by atoms with Crippen LogP contribution < -0.4 is 5.32 Å². The summed E-state index contributed by atoms with van der Waals surface area (Å²) in [6, 6.07) is 15.0. The smallest absolute Gasteiger partial charge is 0.293 e. The van der Waals surface area contributed by atoms with Crippen LogP contribution in [0.3, 0.4) is 0 Å². The molecule has 6 nitrogen and oxygen atoms in total. The summed E-state index contributed by atoms with van der Waals surface area (Å²) in [7, 11) is 0. The van der Waals surface area contributed by atoms with E-state index in [9.17, 15) is 14.4 Å². The first-order valence-corrected chi connectivity index (χ1v) is 14.4. The monoisotopic (exact) mass is 583 g/mol. The summed E-state index contributed by atoms with van der Waals surface area (Å²) >= 11 is 14.6. The lowest BCUT2D eigenvalue weighted by atomic mass is 10.1. The first kappa shape index (κ1) is 26.6. The number of aromatic nitrogens is 1. The predicted octanol–water partition coefficient (Wildman–Crippen LogP) is 7.12. The van der Waals surface area contributed by atoms with Gasteiger partial charge in [0.15, 0.2) is 0 Å². The normalized spacial score (nSPS) is 14.7. The summed E-state index contributed by atoms with van der Waals surface area (Å²) in [4.78, 5) is 41.3. The topological polar surface area (TPSA) is 71.4 Å². The number of aryl methyl sites for hydroxylation is 1. The quantitative estimate of drug-likeness (QED) is 0.224. The fourth-order valence-corrected chi connectivity index (χ4v) is 6.19. The number of thioether (sulfide) groups is 1. The highest BCUT2D eigenvalue weighted by Gasteiger charge is 2.35. The van der Waals surface area contributed by atoms with Crippen molar-refractivity contribution >= 4 is 80.3 Å². The van der Waals surface area contributed by atoms with Crippen LogP contribution in [0.15, 0.2) is 65.0 Å². The van der Waals surface area contributed by atoms with Crippen LogP contribution in [-0.4, -0.2) is 26.5 Å². The Morgan fingerprint density at radius 1 is 1.08 bits per heavy atom. The van der Waals surface area contributed by atoms with Crippen LogP contribution in [0.2, 0.25) is 10.0 Å². The zero-order valence-corrected chi connectivity index (χ0v) is 23.5. The number of imide groups is 1. The number of benzene rings is 2. The number of carbonyl (C=O) groups is 3. The van der Waals surface area contributed by atoms with E-state index in [0.29, 0.717) is 27.1 Å². The Hall–Kier alpha value is -3.04. The molecular formula is C28H23Cl2N3O3S2. The van der Waals surface area contributed by atoms with Gasteiger partial charge in [-0.2, -0.15) is 0 Å². The molecule has 0 unspecified atom stereocenters. The van der Waals surface area contributed by atoms with Crippen LogP contribution in [0, 0.1) is 0 Å². The van der Waals surface area contributed by atoms with Crippen LogP contribution in [0.5, 0.6) is 0 Å². The standard InChI is InChI=1S/C28H23Cl2N3O3S2/c1-2-18-5-3-7-21-19(15-32(26(18)21)16-25(34)31-13-20-6-4-10-37-20)12-24-27(35)33(28(36)38-24)14-17-8-9-22(29)23(30)11-17/h3-12,15H,2,13-14,16H2,1H3,(H,31,34)/b24-12-. The first-order chi connectivity index (χ1) is 18.3. The molecule has 3 heterocycles. The zero-order chi connectivity index (χ0) is 26.8. The van der Waals surface area contributed by atoms with E-state index in [1.54, 1.807) is 35.6 Å². The summed E-state index contributed by atoms with van der Waals surface area (Å²) in [5.41, 5.74) is 3.53. The van der Waals surface area contributed by atoms with E-state index in [0.717, 1.165) is 45.1 Å². The van der Waals surface area contributed by atoms with Gasteiger partial charge < -0.3 is 9.88 Å². The van der Waals surface area contributed by atoms with Crippen LogP contribution in [0.1, 0.15) is 28.5 Å². The van der Waals surface area contributed by atoms with Crippen molar-refractivity contribution < 1.29 is 14.4 Å². The lowest BCUT2D eigenvalue weighted by molar-refractivity contribution is -0.123. The second kappa shape index (κ2) is 11.4. The average molecular weight is 585 g/mol. The Labute approximate surface area is 238 Å². The number of amides is 3. The number of para-hydroxylation sites is 1. The molecule has 0 spiro atoms. The van der Waals surface area contributed by atoms with Crippen molar-refractivity contribution in [1.29, 1.82) is 0 Å². The Kier molecular flexibility index (Phi) is 7.95.